The van der Waals surface area contributed by atoms with Gasteiger partial charge in [-0.3, -0.25) is 5.43 Å². The van der Waals surface area contributed by atoms with E-state index in [-0.39, 0.29) is 25.2 Å². The van der Waals surface area contributed by atoms with Crippen LogP contribution in [-0.2, 0) is 14.9 Å². The van der Waals surface area contributed by atoms with Crippen molar-refractivity contribution in [2.24, 2.45) is 5.10 Å². The van der Waals surface area contributed by atoms with Crippen molar-refractivity contribution in [1.29, 1.82) is 0 Å². The predicted molar refractivity (Wildman–Crippen MR) is 128 cm³/mol. The van der Waals surface area contributed by atoms with E-state index in [1.807, 2.05) is 31.2 Å². The van der Waals surface area contributed by atoms with E-state index in [0.29, 0.717) is 37.9 Å². The van der Waals surface area contributed by atoms with Gasteiger partial charge in [0.15, 0.2) is 5.82 Å². The van der Waals surface area contributed by atoms with Crippen LogP contribution in [0.4, 0.5) is 11.6 Å². The lowest BCUT2D eigenvalue weighted by molar-refractivity contribution is 0.122. The Morgan fingerprint density at radius 3 is 2.76 bits per heavy atom. The molecule has 1 fully saturated rings. The average molecular weight is 478 g/mol. The summed E-state index contributed by atoms with van der Waals surface area (Å²) in [4.78, 5) is 10.9. The minimum absolute atomic E-state index is 0.0670. The van der Waals surface area contributed by atoms with Gasteiger partial charge in [-0.25, -0.2) is 0 Å². The van der Waals surface area contributed by atoms with Gasteiger partial charge in [-0.05, 0) is 26.3 Å². The van der Waals surface area contributed by atoms with Crippen molar-refractivity contribution in [3.8, 4) is 6.01 Å². The van der Waals surface area contributed by atoms with Crippen molar-refractivity contribution < 1.29 is 17.9 Å². The van der Waals surface area contributed by atoms with Crippen molar-refractivity contribution in [3.63, 3.8) is 0 Å². The summed E-state index contributed by atoms with van der Waals surface area (Å²) in [5, 5.41) is 4.27. The number of benzene rings is 1. The van der Waals surface area contributed by atoms with E-state index in [0.717, 1.165) is 11.1 Å². The van der Waals surface area contributed by atoms with Crippen LogP contribution < -0.4 is 24.5 Å². The minimum atomic E-state index is -3.58. The first-order chi connectivity index (χ1) is 15.8. The van der Waals surface area contributed by atoms with Crippen LogP contribution in [-0.4, -0.2) is 70.1 Å². The van der Waals surface area contributed by atoms with Gasteiger partial charge in [-0.2, -0.15) is 32.9 Å². The van der Waals surface area contributed by atoms with Crippen LogP contribution in [0.15, 0.2) is 35.4 Å². The third-order valence-electron chi connectivity index (χ3n) is 4.48. The first kappa shape index (κ1) is 24.8. The summed E-state index contributed by atoms with van der Waals surface area (Å²) in [6.45, 7) is 8.27. The Hall–Kier alpha value is -2.80. The molecule has 1 aromatic heterocycles. The van der Waals surface area contributed by atoms with E-state index in [4.69, 9.17) is 9.47 Å². The highest BCUT2D eigenvalue weighted by Gasteiger charge is 2.16. The van der Waals surface area contributed by atoms with Gasteiger partial charge in [0, 0.05) is 31.7 Å². The summed E-state index contributed by atoms with van der Waals surface area (Å²) < 4.78 is 39.7. The molecule has 0 aliphatic carbocycles. The summed E-state index contributed by atoms with van der Waals surface area (Å²) in [5.74, 6) is 1.14. The molecule has 1 aliphatic heterocycles. The zero-order valence-corrected chi connectivity index (χ0v) is 19.9. The molecule has 0 spiro atoms. The fourth-order valence-corrected chi connectivity index (χ4v) is 4.14. The molecule has 0 bridgehead atoms. The summed E-state index contributed by atoms with van der Waals surface area (Å²) in [5.41, 5.74) is 5.03. The van der Waals surface area contributed by atoms with E-state index < -0.39 is 10.2 Å². The minimum Gasteiger partial charge on any atom is -0.462 e. The van der Waals surface area contributed by atoms with Crippen molar-refractivity contribution in [3.05, 3.63) is 41.5 Å². The summed E-state index contributed by atoms with van der Waals surface area (Å²) in [7, 11) is -3.58. The number of ether oxygens (including phenoxy) is 2. The number of nitrogens with one attached hydrogen (secondary N) is 3. The summed E-state index contributed by atoms with van der Waals surface area (Å²) >= 11 is 0. The number of hydrazone groups is 1. The van der Waals surface area contributed by atoms with Crippen LogP contribution in [0.1, 0.15) is 25.0 Å². The van der Waals surface area contributed by atoms with Crippen molar-refractivity contribution >= 4 is 28.1 Å². The zero-order chi connectivity index (χ0) is 23.7. The number of aryl methyl sites for hydroxylation is 1. The van der Waals surface area contributed by atoms with E-state index in [9.17, 15) is 8.42 Å². The van der Waals surface area contributed by atoms with Gasteiger partial charge >= 0.3 is 6.01 Å². The highest BCUT2D eigenvalue weighted by Crippen LogP contribution is 2.20. The third kappa shape index (κ3) is 8.57. The Balaban J connectivity index is 1.67. The van der Waals surface area contributed by atoms with Gasteiger partial charge in [0.2, 0.25) is 0 Å². The van der Waals surface area contributed by atoms with E-state index in [1.165, 1.54) is 0 Å². The Bertz CT molecular complexity index is 1040. The molecular formula is C21H31N7O4S. The number of morpholine rings is 1. The number of rotatable bonds is 11. The predicted octanol–water partition coefficient (Wildman–Crippen LogP) is 1.28. The first-order valence-corrected chi connectivity index (χ1v) is 12.3. The molecule has 1 aliphatic rings. The van der Waals surface area contributed by atoms with Crippen LogP contribution in [0, 0.1) is 6.92 Å². The van der Waals surface area contributed by atoms with Crippen LogP contribution in [0.2, 0.25) is 0 Å². The molecule has 2 heterocycles. The van der Waals surface area contributed by atoms with Crippen LogP contribution in [0.25, 0.3) is 0 Å². The second-order valence-electron chi connectivity index (χ2n) is 7.80. The molecule has 1 aromatic carbocycles. The van der Waals surface area contributed by atoms with E-state index >= 15 is 0 Å². The lowest BCUT2D eigenvalue weighted by atomic mass is 10.2. The maximum atomic E-state index is 11.9. The van der Waals surface area contributed by atoms with E-state index in [2.05, 4.69) is 34.8 Å². The maximum Gasteiger partial charge on any atom is 0.320 e. The molecule has 0 saturated carbocycles. The number of hydrogen-bond acceptors (Lipinski definition) is 9. The molecule has 3 rings (SSSR count). The lowest BCUT2D eigenvalue weighted by Gasteiger charge is -2.28. The highest BCUT2D eigenvalue weighted by molar-refractivity contribution is 7.87. The van der Waals surface area contributed by atoms with Gasteiger partial charge in [0.05, 0.1) is 19.4 Å². The molecule has 0 atom stereocenters. The van der Waals surface area contributed by atoms with Gasteiger partial charge in [0.1, 0.15) is 12.4 Å². The molecular weight excluding hydrogens is 446 g/mol. The number of aromatic nitrogens is 2. The highest BCUT2D eigenvalue weighted by atomic mass is 32.2. The van der Waals surface area contributed by atoms with Gasteiger partial charge in [0.25, 0.3) is 10.2 Å². The van der Waals surface area contributed by atoms with Gasteiger partial charge in [-0.1, -0.05) is 29.8 Å². The molecule has 33 heavy (non-hydrogen) atoms. The van der Waals surface area contributed by atoms with Crippen LogP contribution in [0.3, 0.4) is 0 Å². The topological polar surface area (TPSA) is 130 Å². The molecule has 180 valence electrons. The molecule has 2 aromatic rings. The van der Waals surface area contributed by atoms with Crippen LogP contribution in [0.5, 0.6) is 6.01 Å². The third-order valence-corrected chi connectivity index (χ3v) is 5.84. The van der Waals surface area contributed by atoms with Crippen LogP contribution >= 0.6 is 0 Å². The SMILES string of the molecule is Cc1cccc(/C=N/Nc2cc(N3CCOCC3)nc(OCCNS(=O)(=O)NC(C)C)n2)c1. The fourth-order valence-electron chi connectivity index (χ4n) is 3.08. The molecule has 0 unspecified atom stereocenters. The smallest absolute Gasteiger partial charge is 0.320 e. The Kier molecular flexibility index (Phi) is 8.95. The fraction of sp³-hybridized carbons (Fsp3) is 0.476. The monoisotopic (exact) mass is 477 g/mol. The molecule has 3 N–H and O–H groups in total. The zero-order valence-electron chi connectivity index (χ0n) is 19.1. The summed E-state index contributed by atoms with van der Waals surface area (Å²) in [6.07, 6.45) is 1.71. The molecule has 11 nitrogen and oxygen atoms in total. The Morgan fingerprint density at radius 1 is 1.24 bits per heavy atom. The van der Waals surface area contributed by atoms with Crippen molar-refractivity contribution in [1.82, 2.24) is 19.4 Å². The second-order valence-corrected chi connectivity index (χ2v) is 9.33. The quantitative estimate of drug-likeness (QED) is 0.251. The van der Waals surface area contributed by atoms with Gasteiger partial charge in [-0.15, -0.1) is 0 Å². The molecule has 0 radical (unpaired) electrons. The molecule has 12 heteroatoms. The normalized spacial score (nSPS) is 14.7. The van der Waals surface area contributed by atoms with E-state index in [1.54, 1.807) is 26.1 Å². The Labute approximate surface area is 194 Å². The largest absolute Gasteiger partial charge is 0.462 e. The second kappa shape index (κ2) is 11.9. The Morgan fingerprint density at radius 2 is 2.03 bits per heavy atom. The maximum absolute atomic E-state index is 11.9. The average Bonchev–Trinajstić information content (AvgIpc) is 2.76. The molecule has 1 saturated heterocycles. The number of hydrogen-bond donors (Lipinski definition) is 3. The van der Waals surface area contributed by atoms with Gasteiger partial charge < -0.3 is 14.4 Å². The molecule has 0 amide bonds. The number of nitrogens with zero attached hydrogens (tertiary/aromatic N) is 4. The lowest BCUT2D eigenvalue weighted by Crippen LogP contribution is -2.41. The first-order valence-electron chi connectivity index (χ1n) is 10.8. The summed E-state index contributed by atoms with van der Waals surface area (Å²) in [6, 6.07) is 9.69. The standard InChI is InChI=1S/C21H31N7O4S/c1-16(2)27-33(29,30)23-7-10-32-21-24-19(14-20(25-21)28-8-11-31-12-9-28)26-22-15-18-6-4-5-17(3)13-18/h4-6,13-16,23,27H,7-12H2,1-3H3,(H,24,25,26)/b22-15+. The van der Waals surface area contributed by atoms with Crippen molar-refractivity contribution in [2.45, 2.75) is 26.8 Å². The number of anilines is 2. The van der Waals surface area contributed by atoms with Crippen molar-refractivity contribution in [2.75, 3.05) is 49.8 Å².